The largest absolute Gasteiger partial charge is 0.504 e. The molecule has 0 aliphatic rings. The fraction of sp³-hybridized carbons (Fsp3) is 0.100. The minimum atomic E-state index is -1.09. The van der Waals surface area contributed by atoms with Crippen LogP contribution in [0, 0.1) is 0 Å². The molecule has 0 spiro atoms. The van der Waals surface area contributed by atoms with Gasteiger partial charge in [-0.05, 0) is 71.3 Å². The zero-order chi connectivity index (χ0) is 29.1. The van der Waals surface area contributed by atoms with Gasteiger partial charge in [0, 0.05) is 18.2 Å². The Morgan fingerprint density at radius 3 is 1.40 bits per heavy atom. The summed E-state index contributed by atoms with van der Waals surface area (Å²) >= 11 is 0. The number of aliphatic carboxylic acids is 1. The quantitative estimate of drug-likeness (QED) is 0.197. The number of ether oxygens (including phenoxy) is 5. The molecule has 0 aliphatic heterocycles. The predicted octanol–water partition coefficient (Wildman–Crippen LogP) is 4.75. The lowest BCUT2D eigenvalue weighted by Gasteiger charge is -2.09. The van der Waals surface area contributed by atoms with E-state index in [9.17, 15) is 19.5 Å². The Labute approximate surface area is 229 Å². The molecule has 0 amide bonds. The molecular weight excluding hydrogens is 520 g/mol. The summed E-state index contributed by atoms with van der Waals surface area (Å²) in [5, 5.41) is 18.4. The molecule has 10 heteroatoms. The summed E-state index contributed by atoms with van der Waals surface area (Å²) in [5.74, 6) is -1.34. The first-order valence-electron chi connectivity index (χ1n) is 11.7. The number of carboxylic acids is 1. The Bertz CT molecular complexity index is 1480. The van der Waals surface area contributed by atoms with E-state index >= 15 is 0 Å². The molecule has 0 atom stereocenters. The molecular formula is C30H26O10. The van der Waals surface area contributed by atoms with Gasteiger partial charge in [0.25, 0.3) is 0 Å². The summed E-state index contributed by atoms with van der Waals surface area (Å²) in [6.45, 7) is 0. The van der Waals surface area contributed by atoms with E-state index in [4.69, 9.17) is 28.8 Å². The van der Waals surface area contributed by atoms with Crippen molar-refractivity contribution in [1.82, 2.24) is 0 Å². The van der Waals surface area contributed by atoms with Gasteiger partial charge in [-0.25, -0.2) is 14.4 Å². The number of hydrogen-bond donors (Lipinski definition) is 2. The van der Waals surface area contributed by atoms with E-state index in [1.54, 1.807) is 30.3 Å². The second-order valence-electron chi connectivity index (χ2n) is 7.93. The zero-order valence-electron chi connectivity index (χ0n) is 21.8. The van der Waals surface area contributed by atoms with Crippen LogP contribution in [0.15, 0.2) is 72.8 Å². The van der Waals surface area contributed by atoms with Crippen molar-refractivity contribution in [2.45, 2.75) is 0 Å². The van der Waals surface area contributed by atoms with Crippen molar-refractivity contribution in [3.8, 4) is 34.5 Å². The van der Waals surface area contributed by atoms with Crippen LogP contribution in [0.5, 0.6) is 34.5 Å². The molecule has 206 valence electrons. The third-order valence-electron chi connectivity index (χ3n) is 5.24. The van der Waals surface area contributed by atoms with Gasteiger partial charge < -0.3 is 33.9 Å². The number of carbonyl (C=O) groups excluding carboxylic acids is 2. The van der Waals surface area contributed by atoms with E-state index in [1.165, 1.54) is 76.0 Å². The van der Waals surface area contributed by atoms with Crippen LogP contribution in [0.2, 0.25) is 0 Å². The van der Waals surface area contributed by atoms with E-state index in [0.717, 1.165) is 6.08 Å². The van der Waals surface area contributed by atoms with Crippen molar-refractivity contribution in [3.05, 3.63) is 89.5 Å². The lowest BCUT2D eigenvalue weighted by atomic mass is 10.2. The molecule has 3 aromatic rings. The summed E-state index contributed by atoms with van der Waals surface area (Å²) in [4.78, 5) is 35.4. The zero-order valence-corrected chi connectivity index (χ0v) is 21.8. The van der Waals surface area contributed by atoms with E-state index in [2.05, 4.69) is 0 Å². The smallest absolute Gasteiger partial charge is 0.336 e. The normalized spacial score (nSPS) is 11.1. The van der Waals surface area contributed by atoms with Crippen molar-refractivity contribution >= 4 is 36.1 Å². The number of esters is 2. The maximum absolute atomic E-state index is 12.4. The van der Waals surface area contributed by atoms with Crippen LogP contribution in [0.1, 0.15) is 16.7 Å². The second kappa shape index (κ2) is 13.9. The molecule has 2 N–H and O–H groups in total. The van der Waals surface area contributed by atoms with Gasteiger partial charge in [-0.2, -0.15) is 0 Å². The molecule has 0 saturated heterocycles. The van der Waals surface area contributed by atoms with E-state index in [1.807, 2.05) is 0 Å². The first-order chi connectivity index (χ1) is 19.2. The topological polar surface area (TPSA) is 138 Å². The van der Waals surface area contributed by atoms with Crippen LogP contribution in [-0.4, -0.2) is 49.5 Å². The molecule has 0 aromatic heterocycles. The van der Waals surface area contributed by atoms with E-state index < -0.39 is 17.9 Å². The standard InChI is InChI=1S/C30H26O10/c1-36-25-16-19(4-10-22(25)31)8-14-29(34)40-24-12-6-21(18-27(24)38-3)9-15-30(35)39-23-11-5-20(7-13-28(32)33)17-26(23)37-2/h4-18,31H,1-3H3,(H,32,33)/b13-7?,14-8?,15-9+. The molecule has 3 aromatic carbocycles. The maximum atomic E-state index is 12.4. The van der Waals surface area contributed by atoms with Gasteiger partial charge in [0.1, 0.15) is 0 Å². The maximum Gasteiger partial charge on any atom is 0.336 e. The summed E-state index contributed by atoms with van der Waals surface area (Å²) in [7, 11) is 4.23. The van der Waals surface area contributed by atoms with Gasteiger partial charge in [0.05, 0.1) is 21.3 Å². The average molecular weight is 547 g/mol. The minimum Gasteiger partial charge on any atom is -0.504 e. The highest BCUT2D eigenvalue weighted by Crippen LogP contribution is 2.31. The average Bonchev–Trinajstić information content (AvgIpc) is 2.95. The van der Waals surface area contributed by atoms with E-state index in [0.29, 0.717) is 16.7 Å². The van der Waals surface area contributed by atoms with Gasteiger partial charge >= 0.3 is 17.9 Å². The molecule has 0 saturated carbocycles. The molecule has 10 nitrogen and oxygen atoms in total. The van der Waals surface area contributed by atoms with Crippen molar-refractivity contribution < 1.29 is 48.3 Å². The van der Waals surface area contributed by atoms with Crippen LogP contribution in [0.3, 0.4) is 0 Å². The van der Waals surface area contributed by atoms with Crippen molar-refractivity contribution in [2.75, 3.05) is 21.3 Å². The number of benzene rings is 3. The third-order valence-corrected chi connectivity index (χ3v) is 5.24. The first kappa shape index (κ1) is 29.1. The number of phenols is 1. The van der Waals surface area contributed by atoms with Crippen molar-refractivity contribution in [2.24, 2.45) is 0 Å². The van der Waals surface area contributed by atoms with Crippen LogP contribution in [0.25, 0.3) is 18.2 Å². The number of methoxy groups -OCH3 is 3. The Balaban J connectivity index is 1.65. The van der Waals surface area contributed by atoms with Gasteiger partial charge in [-0.15, -0.1) is 0 Å². The van der Waals surface area contributed by atoms with E-state index in [-0.39, 0.29) is 34.5 Å². The fourth-order valence-corrected chi connectivity index (χ4v) is 3.32. The third kappa shape index (κ3) is 8.25. The number of phenolic OH excluding ortho intramolecular Hbond substituents is 1. The van der Waals surface area contributed by atoms with Crippen LogP contribution in [-0.2, 0) is 14.4 Å². The number of carbonyl (C=O) groups is 3. The van der Waals surface area contributed by atoms with Crippen LogP contribution in [0.4, 0.5) is 0 Å². The monoisotopic (exact) mass is 546 g/mol. The number of hydrogen-bond acceptors (Lipinski definition) is 9. The summed E-state index contributed by atoms with van der Waals surface area (Å²) < 4.78 is 26.3. The van der Waals surface area contributed by atoms with Gasteiger partial charge in [-0.1, -0.05) is 18.2 Å². The Kier molecular flexibility index (Phi) is 10.1. The highest BCUT2D eigenvalue weighted by Gasteiger charge is 2.11. The number of rotatable bonds is 11. The Morgan fingerprint density at radius 1 is 0.575 bits per heavy atom. The summed E-state index contributed by atoms with van der Waals surface area (Å²) in [6, 6.07) is 13.9. The summed E-state index contributed by atoms with van der Waals surface area (Å²) in [6.07, 6.45) is 7.79. The van der Waals surface area contributed by atoms with Gasteiger partial charge in [0.15, 0.2) is 34.5 Å². The molecule has 40 heavy (non-hydrogen) atoms. The molecule has 0 unspecified atom stereocenters. The van der Waals surface area contributed by atoms with Crippen molar-refractivity contribution in [3.63, 3.8) is 0 Å². The lowest BCUT2D eigenvalue weighted by molar-refractivity contribution is -0.131. The molecule has 0 aliphatic carbocycles. The molecule has 3 rings (SSSR count). The second-order valence-corrected chi connectivity index (χ2v) is 7.93. The fourth-order valence-electron chi connectivity index (χ4n) is 3.32. The van der Waals surface area contributed by atoms with Gasteiger partial charge in [0.2, 0.25) is 0 Å². The van der Waals surface area contributed by atoms with Gasteiger partial charge in [-0.3, -0.25) is 0 Å². The number of carboxylic acid groups (broad SMARTS) is 1. The number of aromatic hydroxyl groups is 1. The predicted molar refractivity (Wildman–Crippen MR) is 147 cm³/mol. The molecule has 0 radical (unpaired) electrons. The highest BCUT2D eigenvalue weighted by atomic mass is 16.6. The summed E-state index contributed by atoms with van der Waals surface area (Å²) in [5.41, 5.74) is 1.74. The SMILES string of the molecule is COc1cc(C=CC(=O)Oc2ccc(/C=C/C(=O)Oc3ccc(C=CC(=O)O)cc3OC)cc2OC)ccc1O. The molecule has 0 fully saturated rings. The van der Waals surface area contributed by atoms with Crippen molar-refractivity contribution in [1.29, 1.82) is 0 Å². The van der Waals surface area contributed by atoms with Crippen LogP contribution >= 0.6 is 0 Å². The molecule has 0 heterocycles. The minimum absolute atomic E-state index is 0.0182. The lowest BCUT2D eigenvalue weighted by Crippen LogP contribution is -2.05. The highest BCUT2D eigenvalue weighted by molar-refractivity contribution is 5.90. The molecule has 0 bridgehead atoms. The Morgan fingerprint density at radius 2 is 0.975 bits per heavy atom. The first-order valence-corrected chi connectivity index (χ1v) is 11.7. The van der Waals surface area contributed by atoms with Crippen LogP contribution < -0.4 is 23.7 Å². The Hall–Kier alpha value is -5.51.